The Hall–Kier alpha value is -1.58. The molecule has 0 spiro atoms. The molecule has 1 aromatic rings. The maximum atomic E-state index is 12.5. The molecule has 0 aliphatic carbocycles. The number of nitrogens with two attached hydrogens (primary N) is 1. The van der Waals surface area contributed by atoms with Crippen LogP contribution in [0.5, 0.6) is 0 Å². The summed E-state index contributed by atoms with van der Waals surface area (Å²) in [5.41, 5.74) is 6.26. The van der Waals surface area contributed by atoms with E-state index >= 15 is 0 Å². The minimum atomic E-state index is -0.531. The lowest BCUT2D eigenvalue weighted by atomic mass is 10.2. The second kappa shape index (κ2) is 12.7. The van der Waals surface area contributed by atoms with Crippen LogP contribution in [-0.2, 0) is 11.3 Å². The van der Waals surface area contributed by atoms with Crippen molar-refractivity contribution in [2.75, 3.05) is 19.6 Å². The Kier molecular flexibility index (Phi) is 12.0. The summed E-state index contributed by atoms with van der Waals surface area (Å²) in [5, 5.41) is 3.08. The Morgan fingerprint density at radius 1 is 1.41 bits per heavy atom. The normalized spacial score (nSPS) is 11.7. The number of rotatable bonds is 8. The van der Waals surface area contributed by atoms with Crippen LogP contribution < -0.4 is 11.1 Å². The summed E-state index contributed by atoms with van der Waals surface area (Å²) >= 11 is 0. The molecule has 154 valence electrons. The van der Waals surface area contributed by atoms with Crippen molar-refractivity contribution in [2.45, 2.75) is 53.2 Å². The molecular weight excluding hydrogens is 457 g/mol. The molecule has 3 N–H and O–H groups in total. The van der Waals surface area contributed by atoms with Crippen molar-refractivity contribution in [2.24, 2.45) is 16.6 Å². The van der Waals surface area contributed by atoms with Gasteiger partial charge in [-0.05, 0) is 44.7 Å². The zero-order valence-corrected chi connectivity index (χ0v) is 19.4. The second-order valence-electron chi connectivity index (χ2n) is 7.66. The van der Waals surface area contributed by atoms with Gasteiger partial charge in [-0.2, -0.15) is 0 Å². The van der Waals surface area contributed by atoms with Crippen molar-refractivity contribution in [3.05, 3.63) is 30.1 Å². The molecule has 0 aliphatic heterocycles. The predicted octanol–water partition coefficient (Wildman–Crippen LogP) is 3.39. The van der Waals surface area contributed by atoms with Crippen LogP contribution in [0.1, 0.15) is 46.6 Å². The minimum absolute atomic E-state index is 0. The van der Waals surface area contributed by atoms with Gasteiger partial charge in [0.05, 0.1) is 6.54 Å². The average Bonchev–Trinajstić information content (AvgIpc) is 2.55. The third-order valence-corrected chi connectivity index (χ3v) is 3.29. The van der Waals surface area contributed by atoms with Gasteiger partial charge in [-0.1, -0.05) is 19.9 Å². The van der Waals surface area contributed by atoms with E-state index in [9.17, 15) is 4.79 Å². The standard InChI is InChI=1S/C19H33N5O2.HI/c1-15(2)12-23-17(20)22-10-7-11-24(18(25)26-19(3,4)5)14-16-8-6-9-21-13-16;/h6,8-9,13,15H,7,10-12,14H2,1-5H3,(H3,20,22,23);1H. The Morgan fingerprint density at radius 3 is 2.67 bits per heavy atom. The molecule has 0 radical (unpaired) electrons. The van der Waals surface area contributed by atoms with Gasteiger partial charge in [0.25, 0.3) is 0 Å². The zero-order chi connectivity index (χ0) is 19.6. The predicted molar refractivity (Wildman–Crippen MR) is 120 cm³/mol. The maximum absolute atomic E-state index is 12.5. The fourth-order valence-electron chi connectivity index (χ4n) is 2.10. The van der Waals surface area contributed by atoms with Crippen LogP contribution in [-0.4, -0.2) is 47.2 Å². The van der Waals surface area contributed by atoms with Gasteiger partial charge in [-0.25, -0.2) is 4.79 Å². The number of carbonyl (C=O) groups is 1. The number of nitrogens with one attached hydrogen (secondary N) is 1. The van der Waals surface area contributed by atoms with Crippen LogP contribution >= 0.6 is 24.0 Å². The number of hydrogen-bond acceptors (Lipinski definition) is 4. The molecule has 0 unspecified atom stereocenters. The number of carbonyl (C=O) groups excluding carboxylic acids is 1. The molecular formula is C19H34IN5O2. The molecule has 0 aromatic carbocycles. The summed E-state index contributed by atoms with van der Waals surface area (Å²) in [6, 6.07) is 3.80. The molecule has 27 heavy (non-hydrogen) atoms. The highest BCUT2D eigenvalue weighted by molar-refractivity contribution is 14.0. The van der Waals surface area contributed by atoms with Gasteiger partial charge in [-0.15, -0.1) is 24.0 Å². The van der Waals surface area contributed by atoms with E-state index in [0.29, 0.717) is 38.1 Å². The number of halogens is 1. The summed E-state index contributed by atoms with van der Waals surface area (Å²) in [7, 11) is 0. The number of nitrogens with zero attached hydrogens (tertiary/aromatic N) is 3. The summed E-state index contributed by atoms with van der Waals surface area (Å²) in [5.74, 6) is 0.910. The molecule has 1 heterocycles. The Balaban J connectivity index is 0.00000676. The third-order valence-electron chi connectivity index (χ3n) is 3.29. The van der Waals surface area contributed by atoms with Crippen LogP contribution in [0.25, 0.3) is 0 Å². The van der Waals surface area contributed by atoms with Crippen LogP contribution in [0, 0.1) is 5.92 Å². The van der Waals surface area contributed by atoms with Crippen molar-refractivity contribution in [3.8, 4) is 0 Å². The van der Waals surface area contributed by atoms with Gasteiger partial charge in [0.1, 0.15) is 5.60 Å². The van der Waals surface area contributed by atoms with E-state index in [1.54, 1.807) is 17.3 Å². The number of aliphatic imine (C=N–C) groups is 1. The maximum Gasteiger partial charge on any atom is 0.410 e. The van der Waals surface area contributed by atoms with E-state index in [2.05, 4.69) is 29.1 Å². The zero-order valence-electron chi connectivity index (χ0n) is 17.1. The lowest BCUT2D eigenvalue weighted by molar-refractivity contribution is 0.0232. The van der Waals surface area contributed by atoms with E-state index in [0.717, 1.165) is 12.0 Å². The number of amides is 1. The first-order valence-corrected chi connectivity index (χ1v) is 9.08. The topological polar surface area (TPSA) is 92.8 Å². The van der Waals surface area contributed by atoms with Gasteiger partial charge in [0.15, 0.2) is 5.96 Å². The summed E-state index contributed by atoms with van der Waals surface area (Å²) in [6.45, 7) is 12.1. The molecule has 0 bridgehead atoms. The molecule has 0 fully saturated rings. The average molecular weight is 491 g/mol. The Labute approximate surface area is 180 Å². The number of hydrogen-bond donors (Lipinski definition) is 2. The van der Waals surface area contributed by atoms with Gasteiger partial charge in [0.2, 0.25) is 0 Å². The van der Waals surface area contributed by atoms with Gasteiger partial charge < -0.3 is 20.7 Å². The summed E-state index contributed by atoms with van der Waals surface area (Å²) < 4.78 is 5.51. The van der Waals surface area contributed by atoms with Gasteiger partial charge in [-0.3, -0.25) is 9.98 Å². The van der Waals surface area contributed by atoms with Crippen LogP contribution in [0.2, 0.25) is 0 Å². The van der Waals surface area contributed by atoms with Crippen molar-refractivity contribution in [1.29, 1.82) is 0 Å². The van der Waals surface area contributed by atoms with Crippen molar-refractivity contribution in [3.63, 3.8) is 0 Å². The third kappa shape index (κ3) is 12.4. The van der Waals surface area contributed by atoms with E-state index in [1.165, 1.54) is 0 Å². The molecule has 0 saturated heterocycles. The van der Waals surface area contributed by atoms with Crippen LogP contribution in [0.3, 0.4) is 0 Å². The first-order valence-electron chi connectivity index (χ1n) is 9.08. The number of ether oxygens (including phenoxy) is 1. The Morgan fingerprint density at radius 2 is 2.11 bits per heavy atom. The first-order chi connectivity index (χ1) is 12.2. The largest absolute Gasteiger partial charge is 0.444 e. The fourth-order valence-corrected chi connectivity index (χ4v) is 2.10. The molecule has 1 amide bonds. The fraction of sp³-hybridized carbons (Fsp3) is 0.632. The van der Waals surface area contributed by atoms with Crippen LogP contribution in [0.4, 0.5) is 4.79 Å². The van der Waals surface area contributed by atoms with Crippen LogP contribution in [0.15, 0.2) is 29.5 Å². The van der Waals surface area contributed by atoms with Crippen molar-refractivity contribution in [1.82, 2.24) is 15.2 Å². The number of aromatic nitrogens is 1. The van der Waals surface area contributed by atoms with E-state index in [1.807, 2.05) is 32.9 Å². The van der Waals surface area contributed by atoms with Gasteiger partial charge in [0, 0.05) is 32.0 Å². The van der Waals surface area contributed by atoms with Gasteiger partial charge >= 0.3 is 6.09 Å². The molecule has 0 aliphatic rings. The summed E-state index contributed by atoms with van der Waals surface area (Å²) in [4.78, 5) is 22.5. The lowest BCUT2D eigenvalue weighted by Gasteiger charge is -2.27. The highest BCUT2D eigenvalue weighted by atomic mass is 127. The summed E-state index contributed by atoms with van der Waals surface area (Å²) in [6.07, 6.45) is 3.87. The molecule has 1 rings (SSSR count). The smallest absolute Gasteiger partial charge is 0.410 e. The lowest BCUT2D eigenvalue weighted by Crippen LogP contribution is -2.39. The Bertz CT molecular complexity index is 573. The molecule has 0 saturated carbocycles. The van der Waals surface area contributed by atoms with E-state index in [4.69, 9.17) is 10.5 Å². The SMILES string of the molecule is CC(C)CN=C(N)NCCCN(Cc1cccnc1)C(=O)OC(C)(C)C.I. The van der Waals surface area contributed by atoms with E-state index in [-0.39, 0.29) is 30.1 Å². The number of guanidine groups is 1. The quantitative estimate of drug-likeness (QED) is 0.252. The molecule has 0 atom stereocenters. The highest BCUT2D eigenvalue weighted by Gasteiger charge is 2.22. The minimum Gasteiger partial charge on any atom is -0.444 e. The van der Waals surface area contributed by atoms with Crippen molar-refractivity contribution >= 4 is 36.0 Å². The number of pyridine rings is 1. The van der Waals surface area contributed by atoms with E-state index < -0.39 is 5.60 Å². The highest BCUT2D eigenvalue weighted by Crippen LogP contribution is 2.12. The van der Waals surface area contributed by atoms with Crippen molar-refractivity contribution < 1.29 is 9.53 Å². The monoisotopic (exact) mass is 491 g/mol. The molecule has 8 heteroatoms. The first kappa shape index (κ1) is 25.4. The second-order valence-corrected chi connectivity index (χ2v) is 7.66. The molecule has 7 nitrogen and oxygen atoms in total. The molecule has 1 aromatic heterocycles.